The van der Waals surface area contributed by atoms with E-state index in [-0.39, 0.29) is 29.7 Å². The molecule has 3 aromatic rings. The number of hydrogen-bond acceptors (Lipinski definition) is 5. The summed E-state index contributed by atoms with van der Waals surface area (Å²) < 4.78 is 0. The van der Waals surface area contributed by atoms with Gasteiger partial charge in [-0.2, -0.15) is 5.10 Å². The standard InChI is InChI=1S/C19H19N3O3S/c23-12-8-11(9-12)18(17-6-3-7-26-17)20-19(25)15-10-14(21-22-15)13-4-1-2-5-16(13)24/h1-7,10-12,18,23-24H,8-9H2,(H,20,25)(H,21,22)/t11?,12?,18-/m1/s1. The fraction of sp³-hybridized carbons (Fsp3) is 0.263. The van der Waals surface area contributed by atoms with E-state index in [2.05, 4.69) is 15.5 Å². The van der Waals surface area contributed by atoms with Gasteiger partial charge in [-0.25, -0.2) is 0 Å². The van der Waals surface area contributed by atoms with Crippen LogP contribution in [0.1, 0.15) is 34.2 Å². The number of benzene rings is 1. The van der Waals surface area contributed by atoms with Crippen LogP contribution in [0.25, 0.3) is 11.3 Å². The molecule has 0 radical (unpaired) electrons. The zero-order valence-electron chi connectivity index (χ0n) is 13.9. The van der Waals surface area contributed by atoms with E-state index in [1.165, 1.54) is 0 Å². The Morgan fingerprint density at radius 3 is 2.77 bits per heavy atom. The molecule has 2 heterocycles. The van der Waals surface area contributed by atoms with Gasteiger partial charge < -0.3 is 15.5 Å². The Labute approximate surface area is 154 Å². The molecule has 0 spiro atoms. The lowest BCUT2D eigenvalue weighted by Crippen LogP contribution is -2.41. The highest BCUT2D eigenvalue weighted by molar-refractivity contribution is 7.10. The van der Waals surface area contributed by atoms with E-state index in [1.807, 2.05) is 17.5 Å². The number of carbonyl (C=O) groups is 1. The number of para-hydroxylation sites is 1. The number of rotatable bonds is 5. The van der Waals surface area contributed by atoms with Crippen LogP contribution in [-0.4, -0.2) is 32.4 Å². The summed E-state index contributed by atoms with van der Waals surface area (Å²) in [6.07, 6.45) is 1.10. The summed E-state index contributed by atoms with van der Waals surface area (Å²) in [6, 6.07) is 12.3. The van der Waals surface area contributed by atoms with E-state index >= 15 is 0 Å². The minimum atomic E-state index is -0.279. The topological polar surface area (TPSA) is 98.2 Å². The van der Waals surface area contributed by atoms with Crippen molar-refractivity contribution < 1.29 is 15.0 Å². The van der Waals surface area contributed by atoms with Gasteiger partial charge in [-0.3, -0.25) is 9.89 Å². The molecule has 134 valence electrons. The van der Waals surface area contributed by atoms with Gasteiger partial charge in [-0.1, -0.05) is 18.2 Å². The number of carbonyl (C=O) groups excluding carboxylic acids is 1. The van der Waals surface area contributed by atoms with E-state index in [4.69, 9.17) is 0 Å². The monoisotopic (exact) mass is 369 g/mol. The van der Waals surface area contributed by atoms with Gasteiger partial charge >= 0.3 is 0 Å². The first-order valence-electron chi connectivity index (χ1n) is 8.48. The second-order valence-electron chi connectivity index (χ2n) is 6.54. The van der Waals surface area contributed by atoms with Crippen LogP contribution in [-0.2, 0) is 0 Å². The molecule has 0 aliphatic heterocycles. The quantitative estimate of drug-likeness (QED) is 0.555. The number of aromatic hydroxyl groups is 1. The lowest BCUT2D eigenvalue weighted by Gasteiger charge is -2.37. The highest BCUT2D eigenvalue weighted by atomic mass is 32.1. The molecular weight excluding hydrogens is 350 g/mol. The molecule has 1 aliphatic rings. The SMILES string of the molecule is O=C(N[C@@H](c1cccs1)C1CC(O)C1)c1cc(-c2ccccc2O)n[nH]1. The smallest absolute Gasteiger partial charge is 0.269 e. The first kappa shape index (κ1) is 16.8. The molecule has 1 aromatic carbocycles. The first-order valence-corrected chi connectivity index (χ1v) is 9.36. The fourth-order valence-electron chi connectivity index (χ4n) is 3.28. The van der Waals surface area contributed by atoms with Gasteiger partial charge in [0.1, 0.15) is 11.4 Å². The highest BCUT2D eigenvalue weighted by Gasteiger charge is 2.36. The molecule has 0 bridgehead atoms. The number of nitrogens with zero attached hydrogens (tertiary/aromatic N) is 1. The van der Waals surface area contributed by atoms with Crippen molar-refractivity contribution in [3.63, 3.8) is 0 Å². The molecule has 0 unspecified atom stereocenters. The largest absolute Gasteiger partial charge is 0.507 e. The van der Waals surface area contributed by atoms with E-state index in [1.54, 1.807) is 41.7 Å². The van der Waals surface area contributed by atoms with Crippen LogP contribution in [0.4, 0.5) is 0 Å². The van der Waals surface area contributed by atoms with Crippen LogP contribution in [0.2, 0.25) is 0 Å². The number of phenolic OH excluding ortho intramolecular Hbond substituents is 1. The molecule has 1 atom stereocenters. The van der Waals surface area contributed by atoms with Crippen molar-refractivity contribution in [2.45, 2.75) is 25.0 Å². The van der Waals surface area contributed by atoms with Gasteiger partial charge in [0.2, 0.25) is 0 Å². The third-order valence-corrected chi connectivity index (χ3v) is 5.72. The molecular formula is C19H19N3O3S. The van der Waals surface area contributed by atoms with Crippen molar-refractivity contribution in [2.75, 3.05) is 0 Å². The Balaban J connectivity index is 1.53. The van der Waals surface area contributed by atoms with Gasteiger partial charge in [0.25, 0.3) is 5.91 Å². The van der Waals surface area contributed by atoms with Crippen LogP contribution >= 0.6 is 11.3 Å². The number of aromatic amines is 1. The zero-order chi connectivity index (χ0) is 18.1. The summed E-state index contributed by atoms with van der Waals surface area (Å²) >= 11 is 1.60. The maximum atomic E-state index is 12.7. The predicted octanol–water partition coefficient (Wildman–Crippen LogP) is 3.09. The predicted molar refractivity (Wildman–Crippen MR) is 98.9 cm³/mol. The van der Waals surface area contributed by atoms with E-state index in [0.717, 1.165) is 4.88 Å². The van der Waals surface area contributed by atoms with Crippen molar-refractivity contribution in [1.29, 1.82) is 0 Å². The minimum absolute atomic E-state index is 0.117. The van der Waals surface area contributed by atoms with Gasteiger partial charge in [0.05, 0.1) is 17.8 Å². The first-order chi connectivity index (χ1) is 12.6. The third kappa shape index (κ3) is 3.23. The lowest BCUT2D eigenvalue weighted by molar-refractivity contribution is 0.0240. The number of aliphatic hydroxyl groups is 1. The average Bonchev–Trinajstić information content (AvgIpc) is 3.29. The van der Waals surface area contributed by atoms with Crippen molar-refractivity contribution in [3.05, 3.63) is 58.4 Å². The maximum absolute atomic E-state index is 12.7. The molecule has 6 nitrogen and oxygen atoms in total. The van der Waals surface area contributed by atoms with Gasteiger partial charge in [-0.15, -0.1) is 11.3 Å². The summed E-state index contributed by atoms with van der Waals surface area (Å²) in [5.41, 5.74) is 1.42. The summed E-state index contributed by atoms with van der Waals surface area (Å²) in [4.78, 5) is 13.8. The number of aromatic nitrogens is 2. The molecule has 4 N–H and O–H groups in total. The average molecular weight is 369 g/mol. The Morgan fingerprint density at radius 1 is 1.27 bits per heavy atom. The van der Waals surface area contributed by atoms with Crippen molar-refractivity contribution in [1.82, 2.24) is 15.5 Å². The molecule has 1 fully saturated rings. The lowest BCUT2D eigenvalue weighted by atomic mass is 9.76. The summed E-state index contributed by atoms with van der Waals surface area (Å²) in [5.74, 6) is 0.0954. The minimum Gasteiger partial charge on any atom is -0.507 e. The Morgan fingerprint density at radius 2 is 2.08 bits per heavy atom. The normalized spacial score (nSPS) is 20.3. The Hall–Kier alpha value is -2.64. The summed E-state index contributed by atoms with van der Waals surface area (Å²) in [6.45, 7) is 0. The molecule has 2 aromatic heterocycles. The number of thiophene rings is 1. The van der Waals surface area contributed by atoms with Crippen molar-refractivity contribution in [3.8, 4) is 17.0 Å². The Bertz CT molecular complexity index is 900. The van der Waals surface area contributed by atoms with Crippen LogP contribution in [0.5, 0.6) is 5.75 Å². The number of hydrogen-bond donors (Lipinski definition) is 4. The summed E-state index contributed by atoms with van der Waals surface area (Å²) in [5, 5.41) is 31.5. The van der Waals surface area contributed by atoms with Gasteiger partial charge in [0.15, 0.2) is 0 Å². The molecule has 0 saturated heterocycles. The van der Waals surface area contributed by atoms with Crippen LogP contribution in [0.15, 0.2) is 47.8 Å². The van der Waals surface area contributed by atoms with E-state index < -0.39 is 0 Å². The third-order valence-electron chi connectivity index (χ3n) is 4.76. The molecule has 1 aliphatic carbocycles. The van der Waals surface area contributed by atoms with Gasteiger partial charge in [-0.05, 0) is 48.4 Å². The number of H-pyrrole nitrogens is 1. The number of amides is 1. The second-order valence-corrected chi connectivity index (χ2v) is 7.52. The number of nitrogens with one attached hydrogen (secondary N) is 2. The number of aliphatic hydroxyl groups excluding tert-OH is 1. The fourth-order valence-corrected chi connectivity index (χ4v) is 4.15. The van der Waals surface area contributed by atoms with E-state index in [0.29, 0.717) is 29.8 Å². The van der Waals surface area contributed by atoms with Crippen LogP contribution in [0, 0.1) is 5.92 Å². The molecule has 1 saturated carbocycles. The van der Waals surface area contributed by atoms with Crippen LogP contribution in [0.3, 0.4) is 0 Å². The van der Waals surface area contributed by atoms with Crippen molar-refractivity contribution >= 4 is 17.2 Å². The zero-order valence-corrected chi connectivity index (χ0v) is 14.7. The van der Waals surface area contributed by atoms with Crippen LogP contribution < -0.4 is 5.32 Å². The van der Waals surface area contributed by atoms with Gasteiger partial charge in [0, 0.05) is 10.4 Å². The van der Waals surface area contributed by atoms with Crippen molar-refractivity contribution in [2.24, 2.45) is 5.92 Å². The molecule has 26 heavy (non-hydrogen) atoms. The molecule has 4 rings (SSSR count). The number of phenols is 1. The maximum Gasteiger partial charge on any atom is 0.269 e. The highest BCUT2D eigenvalue weighted by Crippen LogP contribution is 2.39. The molecule has 7 heteroatoms. The molecule has 1 amide bonds. The summed E-state index contributed by atoms with van der Waals surface area (Å²) in [7, 11) is 0. The van der Waals surface area contributed by atoms with E-state index in [9.17, 15) is 15.0 Å². The second kappa shape index (κ2) is 6.93. The Kier molecular flexibility index (Phi) is 4.48.